The highest BCUT2D eigenvalue weighted by molar-refractivity contribution is 8.09. The van der Waals surface area contributed by atoms with Crippen LogP contribution in [0, 0.1) is 6.92 Å². The summed E-state index contributed by atoms with van der Waals surface area (Å²) >= 11 is 0.577. The summed E-state index contributed by atoms with van der Waals surface area (Å²) in [5.74, 6) is 0.405. The molecule has 1 aromatic rings. The first-order chi connectivity index (χ1) is 6.72. The molecule has 5 nitrogen and oxygen atoms in total. The van der Waals surface area contributed by atoms with E-state index in [1.54, 1.807) is 19.3 Å². The molecule has 1 heterocycles. The molecule has 0 amide bonds. The molecule has 1 aromatic heterocycles. The number of carbonyl (C=O) groups is 1. The van der Waals surface area contributed by atoms with Crippen LogP contribution in [-0.4, -0.2) is 17.3 Å². The van der Waals surface area contributed by atoms with Crippen LogP contribution < -0.4 is 10.2 Å². The van der Waals surface area contributed by atoms with Gasteiger partial charge in [0.05, 0.1) is 6.20 Å². The molecule has 1 rings (SSSR count). The number of aryl methyl sites for hydroxylation is 1. The van der Waals surface area contributed by atoms with E-state index in [9.17, 15) is 4.79 Å². The molecule has 6 heteroatoms. The number of pyridine rings is 1. The second-order valence-electron chi connectivity index (χ2n) is 2.42. The van der Waals surface area contributed by atoms with Crippen LogP contribution in [0.5, 0.6) is 5.75 Å². The molecular weight excluding hydrogens is 204 g/mol. The third-order valence-corrected chi connectivity index (χ3v) is 1.71. The lowest BCUT2D eigenvalue weighted by Gasteiger charge is -2.02. The normalized spacial score (nSPS) is 9.86. The van der Waals surface area contributed by atoms with Gasteiger partial charge in [-0.15, -0.1) is 0 Å². The van der Waals surface area contributed by atoms with Crippen LogP contribution in [-0.2, 0) is 4.28 Å². The lowest BCUT2D eigenvalue weighted by molar-refractivity contribution is 0.218. The predicted octanol–water partition coefficient (Wildman–Crippen LogP) is 1.69. The van der Waals surface area contributed by atoms with Crippen molar-refractivity contribution in [3.63, 3.8) is 0 Å². The zero-order valence-electron chi connectivity index (χ0n) is 7.81. The maximum Gasteiger partial charge on any atom is 0.402 e. The number of ether oxygens (including phenoxy) is 1. The average Bonchev–Trinajstić information content (AvgIpc) is 2.15. The van der Waals surface area contributed by atoms with Crippen molar-refractivity contribution in [2.75, 3.05) is 7.05 Å². The molecule has 0 aliphatic rings. The van der Waals surface area contributed by atoms with Crippen molar-refractivity contribution >= 4 is 17.3 Å². The van der Waals surface area contributed by atoms with E-state index >= 15 is 0 Å². The van der Waals surface area contributed by atoms with Gasteiger partial charge in [0.2, 0.25) is 0 Å². The minimum Gasteiger partial charge on any atom is -0.415 e. The Morgan fingerprint density at radius 2 is 2.36 bits per heavy atom. The van der Waals surface area contributed by atoms with Crippen molar-refractivity contribution in [3.05, 3.63) is 24.0 Å². The summed E-state index contributed by atoms with van der Waals surface area (Å²) in [6, 6.07) is 1.71. The van der Waals surface area contributed by atoms with Gasteiger partial charge < -0.3 is 4.74 Å². The first kappa shape index (κ1) is 11.0. The van der Waals surface area contributed by atoms with Gasteiger partial charge in [-0.25, -0.2) is 9.08 Å². The van der Waals surface area contributed by atoms with Gasteiger partial charge in [-0.05, 0) is 18.6 Å². The SMILES string of the molecule is CNOSC(=O)Oc1cncc(C)c1. The van der Waals surface area contributed by atoms with Crippen molar-refractivity contribution in [2.24, 2.45) is 0 Å². The van der Waals surface area contributed by atoms with Gasteiger partial charge in [-0.2, -0.15) is 5.48 Å². The Balaban J connectivity index is 2.47. The Labute approximate surface area is 86.0 Å². The third-order valence-electron chi connectivity index (χ3n) is 1.24. The number of hydroxylamine groups is 1. The van der Waals surface area contributed by atoms with Crippen LogP contribution >= 0.6 is 12.0 Å². The highest BCUT2D eigenvalue weighted by Gasteiger charge is 2.06. The Morgan fingerprint density at radius 1 is 1.57 bits per heavy atom. The van der Waals surface area contributed by atoms with Crippen molar-refractivity contribution in [2.45, 2.75) is 6.92 Å². The molecule has 0 aromatic carbocycles. The van der Waals surface area contributed by atoms with E-state index in [0.717, 1.165) is 5.56 Å². The smallest absolute Gasteiger partial charge is 0.402 e. The van der Waals surface area contributed by atoms with Gasteiger partial charge in [0.15, 0.2) is 0 Å². The number of nitrogens with zero attached hydrogens (tertiary/aromatic N) is 1. The molecule has 76 valence electrons. The number of rotatable bonds is 3. The summed E-state index contributed by atoms with van der Waals surface area (Å²) in [5, 5.41) is -0.549. The zero-order valence-corrected chi connectivity index (χ0v) is 8.63. The fraction of sp³-hybridized carbons (Fsp3) is 0.250. The van der Waals surface area contributed by atoms with Crippen molar-refractivity contribution in [3.8, 4) is 5.75 Å². The number of hydrogen-bond donors (Lipinski definition) is 1. The summed E-state index contributed by atoms with van der Waals surface area (Å²) in [6.45, 7) is 1.86. The van der Waals surface area contributed by atoms with E-state index in [2.05, 4.69) is 14.7 Å². The molecule has 0 atom stereocenters. The summed E-state index contributed by atoms with van der Waals surface area (Å²) in [6.07, 6.45) is 3.14. The van der Waals surface area contributed by atoms with Crippen LogP contribution in [0.3, 0.4) is 0 Å². The fourth-order valence-corrected chi connectivity index (χ4v) is 1.05. The van der Waals surface area contributed by atoms with E-state index in [4.69, 9.17) is 4.74 Å². The maximum atomic E-state index is 11.0. The molecule has 0 spiro atoms. The summed E-state index contributed by atoms with van der Waals surface area (Å²) in [5.41, 5.74) is 3.27. The van der Waals surface area contributed by atoms with Gasteiger partial charge in [-0.3, -0.25) is 4.98 Å². The van der Waals surface area contributed by atoms with Crippen LogP contribution in [0.25, 0.3) is 0 Å². The highest BCUT2D eigenvalue weighted by atomic mass is 32.2. The van der Waals surface area contributed by atoms with Crippen LogP contribution in [0.2, 0.25) is 0 Å². The molecule has 0 fully saturated rings. The summed E-state index contributed by atoms with van der Waals surface area (Å²) in [4.78, 5) is 14.9. The second kappa shape index (κ2) is 5.58. The first-order valence-corrected chi connectivity index (χ1v) is 4.60. The van der Waals surface area contributed by atoms with Crippen LogP contribution in [0.1, 0.15) is 5.56 Å². The van der Waals surface area contributed by atoms with Gasteiger partial charge in [0, 0.05) is 13.2 Å². The predicted molar refractivity (Wildman–Crippen MR) is 52.7 cm³/mol. The second-order valence-corrected chi connectivity index (χ2v) is 3.09. The number of carbonyl (C=O) groups excluding carboxylic acids is 1. The quantitative estimate of drug-likeness (QED) is 0.469. The molecule has 0 saturated heterocycles. The Bertz CT molecular complexity index is 319. The van der Waals surface area contributed by atoms with Gasteiger partial charge in [-0.1, -0.05) is 0 Å². The Kier molecular flexibility index (Phi) is 4.37. The van der Waals surface area contributed by atoms with Gasteiger partial charge in [0.25, 0.3) is 0 Å². The standard InChI is InChI=1S/C8H10N2O3S/c1-6-3-7(5-10-4-6)12-8(11)14-13-9-2/h3-5,9H,1-2H3. The summed E-state index contributed by atoms with van der Waals surface area (Å²) < 4.78 is 9.46. The van der Waals surface area contributed by atoms with E-state index in [1.807, 2.05) is 6.92 Å². The van der Waals surface area contributed by atoms with Crippen LogP contribution in [0.4, 0.5) is 4.79 Å². The van der Waals surface area contributed by atoms with Gasteiger partial charge in [0.1, 0.15) is 17.8 Å². The number of nitrogens with one attached hydrogen (secondary N) is 1. The molecule has 0 aliphatic carbocycles. The molecule has 0 saturated carbocycles. The molecular formula is C8H10N2O3S. The molecule has 0 bridgehead atoms. The number of hydrogen-bond acceptors (Lipinski definition) is 6. The summed E-state index contributed by atoms with van der Waals surface area (Å²) in [7, 11) is 1.55. The van der Waals surface area contributed by atoms with E-state index in [-0.39, 0.29) is 0 Å². The van der Waals surface area contributed by atoms with E-state index < -0.39 is 5.30 Å². The van der Waals surface area contributed by atoms with Crippen molar-refractivity contribution in [1.29, 1.82) is 0 Å². The minimum absolute atomic E-state index is 0.405. The topological polar surface area (TPSA) is 60.5 Å². The zero-order chi connectivity index (χ0) is 10.4. The van der Waals surface area contributed by atoms with Crippen molar-refractivity contribution in [1.82, 2.24) is 10.5 Å². The monoisotopic (exact) mass is 214 g/mol. The highest BCUT2D eigenvalue weighted by Crippen LogP contribution is 2.14. The molecule has 14 heavy (non-hydrogen) atoms. The average molecular weight is 214 g/mol. The molecule has 1 N–H and O–H groups in total. The Morgan fingerprint density at radius 3 is 3.00 bits per heavy atom. The lowest BCUT2D eigenvalue weighted by Crippen LogP contribution is -2.07. The third kappa shape index (κ3) is 3.73. The lowest BCUT2D eigenvalue weighted by atomic mass is 10.3. The fourth-order valence-electron chi connectivity index (χ4n) is 0.772. The minimum atomic E-state index is -0.549. The van der Waals surface area contributed by atoms with E-state index in [1.165, 1.54) is 6.20 Å². The number of aromatic nitrogens is 1. The van der Waals surface area contributed by atoms with Gasteiger partial charge >= 0.3 is 5.30 Å². The first-order valence-electron chi connectivity index (χ1n) is 3.86. The van der Waals surface area contributed by atoms with E-state index in [0.29, 0.717) is 17.8 Å². The largest absolute Gasteiger partial charge is 0.415 e. The Hall–Kier alpha value is -1.11. The molecule has 0 unspecified atom stereocenters. The maximum absolute atomic E-state index is 11.0. The van der Waals surface area contributed by atoms with Crippen LogP contribution in [0.15, 0.2) is 18.5 Å². The molecule has 0 radical (unpaired) electrons. The molecule has 0 aliphatic heterocycles. The van der Waals surface area contributed by atoms with Crippen molar-refractivity contribution < 1.29 is 13.8 Å².